The number of nitrogens with zero attached hydrogens (tertiary/aromatic N) is 1. The van der Waals surface area contributed by atoms with Crippen LogP contribution in [0.5, 0.6) is 0 Å². The van der Waals surface area contributed by atoms with Crippen LogP contribution in [0.3, 0.4) is 0 Å². The van der Waals surface area contributed by atoms with Gasteiger partial charge in [-0.3, -0.25) is 9.71 Å². The lowest BCUT2D eigenvalue weighted by Gasteiger charge is -2.11. The summed E-state index contributed by atoms with van der Waals surface area (Å²) in [4.78, 5) is 3.18. The highest BCUT2D eigenvalue weighted by Crippen LogP contribution is 2.25. The molecule has 3 N–H and O–H groups in total. The highest BCUT2D eigenvalue weighted by Gasteiger charge is 2.23. The normalized spacial score (nSPS) is 11.3. The van der Waals surface area contributed by atoms with E-state index in [4.69, 9.17) is 5.73 Å². The number of anilines is 2. The van der Waals surface area contributed by atoms with Gasteiger partial charge in [-0.15, -0.1) is 0 Å². The Balaban J connectivity index is 2.47. The van der Waals surface area contributed by atoms with E-state index in [9.17, 15) is 17.2 Å². The molecule has 8 heteroatoms. The zero-order chi connectivity index (χ0) is 14.9. The quantitative estimate of drug-likeness (QED) is 0.849. The first-order chi connectivity index (χ1) is 9.33. The fraction of sp³-hybridized carbons (Fsp3) is 0.0833. The van der Waals surface area contributed by atoms with E-state index in [0.29, 0.717) is 5.69 Å². The van der Waals surface area contributed by atoms with Gasteiger partial charge in [-0.05, 0) is 31.2 Å². The molecule has 20 heavy (non-hydrogen) atoms. The standard InChI is InChI=1S/C12H11F2N3O2S/c1-7-9(3-2-6-16-7)17-20(18,19)10-5-4-8(13)12(15)11(10)14/h2-6,17H,15H2,1H3. The number of aryl methyl sites for hydroxylation is 1. The van der Waals surface area contributed by atoms with Crippen molar-refractivity contribution in [2.24, 2.45) is 0 Å². The molecule has 0 bridgehead atoms. The van der Waals surface area contributed by atoms with Gasteiger partial charge in [0.1, 0.15) is 16.4 Å². The van der Waals surface area contributed by atoms with Gasteiger partial charge in [-0.2, -0.15) is 0 Å². The molecule has 5 nitrogen and oxygen atoms in total. The van der Waals surface area contributed by atoms with Crippen molar-refractivity contribution in [3.63, 3.8) is 0 Å². The van der Waals surface area contributed by atoms with Crippen molar-refractivity contribution in [3.05, 3.63) is 47.8 Å². The van der Waals surface area contributed by atoms with Crippen LogP contribution >= 0.6 is 0 Å². The fourth-order valence-electron chi connectivity index (χ4n) is 1.55. The second-order valence-corrected chi connectivity index (χ2v) is 5.67. The lowest BCUT2D eigenvalue weighted by molar-refractivity contribution is 0.557. The van der Waals surface area contributed by atoms with Crippen LogP contribution in [-0.2, 0) is 10.0 Å². The number of pyridine rings is 1. The van der Waals surface area contributed by atoms with Crippen molar-refractivity contribution in [1.29, 1.82) is 0 Å². The number of nitrogen functional groups attached to an aromatic ring is 1. The zero-order valence-corrected chi connectivity index (χ0v) is 11.2. The maximum absolute atomic E-state index is 13.8. The van der Waals surface area contributed by atoms with E-state index >= 15 is 0 Å². The Kier molecular flexibility index (Phi) is 3.58. The Morgan fingerprint density at radius 2 is 1.95 bits per heavy atom. The summed E-state index contributed by atoms with van der Waals surface area (Å²) in [6.45, 7) is 1.59. The van der Waals surface area contributed by atoms with Crippen molar-refractivity contribution in [2.45, 2.75) is 11.8 Å². The molecule has 0 aliphatic carbocycles. The number of aromatic nitrogens is 1. The van der Waals surface area contributed by atoms with Crippen molar-refractivity contribution >= 4 is 21.4 Å². The number of rotatable bonds is 3. The maximum Gasteiger partial charge on any atom is 0.264 e. The number of nitrogens with one attached hydrogen (secondary N) is 1. The van der Waals surface area contributed by atoms with E-state index < -0.39 is 32.2 Å². The molecule has 0 radical (unpaired) electrons. The van der Waals surface area contributed by atoms with Crippen LogP contribution in [0.2, 0.25) is 0 Å². The minimum absolute atomic E-state index is 0.204. The summed E-state index contributed by atoms with van der Waals surface area (Å²) in [5.74, 6) is -2.34. The molecule has 2 aromatic rings. The maximum atomic E-state index is 13.8. The third-order valence-electron chi connectivity index (χ3n) is 2.63. The molecule has 0 fully saturated rings. The smallest absolute Gasteiger partial charge is 0.264 e. The van der Waals surface area contributed by atoms with Crippen LogP contribution in [0.25, 0.3) is 0 Å². The summed E-state index contributed by atoms with van der Waals surface area (Å²) in [5, 5.41) is 0. The van der Waals surface area contributed by atoms with Crippen molar-refractivity contribution in [3.8, 4) is 0 Å². The van der Waals surface area contributed by atoms with E-state index in [-0.39, 0.29) is 5.69 Å². The zero-order valence-electron chi connectivity index (χ0n) is 10.4. The van der Waals surface area contributed by atoms with Gasteiger partial charge in [-0.1, -0.05) is 0 Å². The molecule has 2 rings (SSSR count). The molecular formula is C12H11F2N3O2S. The molecule has 0 aliphatic heterocycles. The van der Waals surface area contributed by atoms with Crippen LogP contribution in [0.4, 0.5) is 20.2 Å². The predicted molar refractivity (Wildman–Crippen MR) is 70.6 cm³/mol. The third kappa shape index (κ3) is 2.55. The molecule has 1 heterocycles. The minimum Gasteiger partial charge on any atom is -0.394 e. The van der Waals surface area contributed by atoms with Crippen molar-refractivity contribution < 1.29 is 17.2 Å². The summed E-state index contributed by atoms with van der Waals surface area (Å²) in [5.41, 5.74) is 4.94. The third-order valence-corrected chi connectivity index (χ3v) is 4.01. The largest absolute Gasteiger partial charge is 0.394 e. The van der Waals surface area contributed by atoms with Gasteiger partial charge in [0.25, 0.3) is 10.0 Å². The van der Waals surface area contributed by atoms with Crippen LogP contribution in [-0.4, -0.2) is 13.4 Å². The molecule has 0 saturated carbocycles. The lowest BCUT2D eigenvalue weighted by atomic mass is 10.3. The summed E-state index contributed by atoms with van der Waals surface area (Å²) in [7, 11) is -4.22. The monoisotopic (exact) mass is 299 g/mol. The van der Waals surface area contributed by atoms with Gasteiger partial charge >= 0.3 is 0 Å². The van der Waals surface area contributed by atoms with Gasteiger partial charge < -0.3 is 5.73 Å². The second-order valence-electron chi connectivity index (χ2n) is 4.02. The second kappa shape index (κ2) is 5.04. The molecular weight excluding hydrogens is 288 g/mol. The number of hydrogen-bond acceptors (Lipinski definition) is 4. The van der Waals surface area contributed by atoms with Crippen molar-refractivity contribution in [1.82, 2.24) is 4.98 Å². The fourth-order valence-corrected chi connectivity index (χ4v) is 2.76. The first kappa shape index (κ1) is 14.2. The Morgan fingerprint density at radius 3 is 2.60 bits per heavy atom. The average Bonchev–Trinajstić information content (AvgIpc) is 2.38. The number of halogens is 2. The Bertz CT molecular complexity index is 763. The first-order valence-electron chi connectivity index (χ1n) is 5.51. The summed E-state index contributed by atoms with van der Waals surface area (Å²) in [6, 6.07) is 4.61. The molecule has 0 aliphatic rings. The topological polar surface area (TPSA) is 85.1 Å². The van der Waals surface area contributed by atoms with Crippen LogP contribution in [0.15, 0.2) is 35.4 Å². The van der Waals surface area contributed by atoms with Crippen LogP contribution in [0.1, 0.15) is 5.69 Å². The minimum atomic E-state index is -4.22. The Morgan fingerprint density at radius 1 is 1.25 bits per heavy atom. The van der Waals surface area contributed by atoms with Gasteiger partial charge in [0.05, 0.1) is 11.4 Å². The van der Waals surface area contributed by atoms with Gasteiger partial charge in [-0.25, -0.2) is 17.2 Å². The number of hydrogen-bond donors (Lipinski definition) is 2. The molecule has 0 unspecified atom stereocenters. The SMILES string of the molecule is Cc1ncccc1NS(=O)(=O)c1ccc(F)c(N)c1F. The molecule has 1 aromatic carbocycles. The average molecular weight is 299 g/mol. The van der Waals surface area contributed by atoms with Gasteiger partial charge in [0.15, 0.2) is 5.82 Å². The number of benzene rings is 1. The highest BCUT2D eigenvalue weighted by atomic mass is 32.2. The van der Waals surface area contributed by atoms with E-state index in [1.165, 1.54) is 18.3 Å². The molecule has 1 aromatic heterocycles. The Labute approximate surface area is 114 Å². The Hall–Kier alpha value is -2.22. The summed E-state index contributed by atoms with van der Waals surface area (Å²) >= 11 is 0. The van der Waals surface area contributed by atoms with E-state index in [0.717, 1.165) is 12.1 Å². The van der Waals surface area contributed by atoms with Gasteiger partial charge in [0, 0.05) is 6.20 Å². The van der Waals surface area contributed by atoms with Crippen LogP contribution in [0, 0.1) is 18.6 Å². The molecule has 0 spiro atoms. The first-order valence-corrected chi connectivity index (χ1v) is 6.99. The number of sulfonamides is 1. The summed E-state index contributed by atoms with van der Waals surface area (Å²) in [6.07, 6.45) is 1.49. The number of nitrogens with two attached hydrogens (primary N) is 1. The lowest BCUT2D eigenvalue weighted by Crippen LogP contribution is -2.16. The van der Waals surface area contributed by atoms with E-state index in [1.807, 2.05) is 0 Å². The predicted octanol–water partition coefficient (Wildman–Crippen LogP) is 2.05. The molecule has 0 amide bonds. The van der Waals surface area contributed by atoms with Crippen LogP contribution < -0.4 is 10.5 Å². The van der Waals surface area contributed by atoms with Crippen molar-refractivity contribution in [2.75, 3.05) is 10.5 Å². The molecule has 0 saturated heterocycles. The molecule has 0 atom stereocenters. The van der Waals surface area contributed by atoms with E-state index in [1.54, 1.807) is 6.92 Å². The van der Waals surface area contributed by atoms with Gasteiger partial charge in [0.2, 0.25) is 0 Å². The van der Waals surface area contributed by atoms with E-state index in [2.05, 4.69) is 9.71 Å². The highest BCUT2D eigenvalue weighted by molar-refractivity contribution is 7.92. The summed E-state index contributed by atoms with van der Waals surface area (Å²) < 4.78 is 53.2. The molecule has 106 valence electrons.